The summed E-state index contributed by atoms with van der Waals surface area (Å²) in [5, 5.41) is 9.18. The van der Waals surface area contributed by atoms with E-state index in [1.807, 2.05) is 37.3 Å². The lowest BCUT2D eigenvalue weighted by atomic mass is 9.95. The summed E-state index contributed by atoms with van der Waals surface area (Å²) < 4.78 is 47.2. The zero-order valence-corrected chi connectivity index (χ0v) is 20.6. The Bertz CT molecular complexity index is 889. The zero-order chi connectivity index (χ0) is 24.2. The summed E-state index contributed by atoms with van der Waals surface area (Å²) in [5.74, 6) is 2.27. The zero-order valence-electron chi connectivity index (χ0n) is 19.8. The molecule has 12 heteroatoms. The number of methoxy groups -OCH3 is 1. The van der Waals surface area contributed by atoms with Crippen molar-refractivity contribution in [3.8, 4) is 0 Å². The smallest absolute Gasteiger partial charge is 0.377 e. The summed E-state index contributed by atoms with van der Waals surface area (Å²) in [6.45, 7) is 9.65. The van der Waals surface area contributed by atoms with Gasteiger partial charge in [-0.15, -0.1) is 10.2 Å². The Labute approximate surface area is 196 Å². The van der Waals surface area contributed by atoms with E-state index in [4.69, 9.17) is 4.74 Å². The van der Waals surface area contributed by atoms with Crippen LogP contribution in [0.3, 0.4) is 0 Å². The predicted octanol–water partition coefficient (Wildman–Crippen LogP) is 3.37. The number of rotatable bonds is 8. The number of nitrogens with zero attached hydrogens (tertiary/aromatic N) is 7. The van der Waals surface area contributed by atoms with E-state index in [2.05, 4.69) is 25.1 Å². The summed E-state index contributed by atoms with van der Waals surface area (Å²) >= 11 is 1.66. The number of ether oxygens (including phenoxy) is 1. The van der Waals surface area contributed by atoms with Gasteiger partial charge in [0.05, 0.1) is 0 Å². The van der Waals surface area contributed by atoms with Gasteiger partial charge in [-0.25, -0.2) is 9.97 Å². The number of hydrogen-bond acceptors (Lipinski definition) is 8. The Hall–Kier alpha value is -1.92. The summed E-state index contributed by atoms with van der Waals surface area (Å²) in [5.41, 5.74) is -1.45. The molecule has 1 fully saturated rings. The van der Waals surface area contributed by atoms with Gasteiger partial charge in [-0.1, -0.05) is 32.5 Å². The van der Waals surface area contributed by atoms with Crippen LogP contribution in [-0.4, -0.2) is 75.2 Å². The highest BCUT2D eigenvalue weighted by molar-refractivity contribution is 7.99. The predicted molar refractivity (Wildman–Crippen MR) is 121 cm³/mol. The van der Waals surface area contributed by atoms with Gasteiger partial charge >= 0.3 is 6.18 Å². The molecule has 8 nitrogen and oxygen atoms in total. The average molecular weight is 488 g/mol. The van der Waals surface area contributed by atoms with Crippen LogP contribution in [0, 0.1) is 0 Å². The van der Waals surface area contributed by atoms with E-state index in [1.165, 1.54) is 0 Å². The lowest BCUT2D eigenvalue weighted by Crippen LogP contribution is -2.47. The lowest BCUT2D eigenvalue weighted by molar-refractivity contribution is -0.141. The Balaban J connectivity index is 1.51. The first-order valence-electron chi connectivity index (χ1n) is 10.9. The summed E-state index contributed by atoms with van der Waals surface area (Å²) in [4.78, 5) is 12.5. The second kappa shape index (κ2) is 10.6. The van der Waals surface area contributed by atoms with E-state index in [-0.39, 0.29) is 5.82 Å². The highest BCUT2D eigenvalue weighted by Crippen LogP contribution is 2.32. The fourth-order valence-corrected chi connectivity index (χ4v) is 4.31. The van der Waals surface area contributed by atoms with Crippen LogP contribution in [0.5, 0.6) is 0 Å². The molecule has 0 bridgehead atoms. The Morgan fingerprint density at radius 1 is 1.06 bits per heavy atom. The van der Waals surface area contributed by atoms with Crippen LogP contribution in [-0.2, 0) is 30.0 Å². The third-order valence-corrected chi connectivity index (χ3v) is 6.53. The molecule has 0 saturated carbocycles. The van der Waals surface area contributed by atoms with E-state index in [1.54, 1.807) is 18.9 Å². The number of alkyl halides is 3. The fraction of sp³-hybridized carbons (Fsp3) is 0.714. The van der Waals surface area contributed by atoms with Gasteiger partial charge in [-0.3, -0.25) is 4.90 Å². The summed E-state index contributed by atoms with van der Waals surface area (Å²) in [7, 11) is 3.56. The number of hydrogen-bond donors (Lipinski definition) is 0. The third-order valence-electron chi connectivity index (χ3n) is 5.42. The Morgan fingerprint density at radius 3 is 2.36 bits per heavy atom. The second-order valence-corrected chi connectivity index (χ2v) is 10.2. The largest absolute Gasteiger partial charge is 0.433 e. The van der Waals surface area contributed by atoms with Crippen molar-refractivity contribution < 1.29 is 17.9 Å². The molecule has 0 aromatic carbocycles. The van der Waals surface area contributed by atoms with E-state index in [0.29, 0.717) is 25.5 Å². The molecule has 33 heavy (non-hydrogen) atoms. The van der Waals surface area contributed by atoms with Crippen LogP contribution < -0.4 is 4.90 Å². The van der Waals surface area contributed by atoms with Crippen LogP contribution in [0.4, 0.5) is 19.0 Å². The van der Waals surface area contributed by atoms with Crippen molar-refractivity contribution >= 4 is 17.6 Å². The highest BCUT2D eigenvalue weighted by atomic mass is 32.2. The normalized spacial score (nSPS) is 15.9. The van der Waals surface area contributed by atoms with Gasteiger partial charge in [0.25, 0.3) is 0 Å². The number of aromatic nitrogens is 5. The van der Waals surface area contributed by atoms with Crippen molar-refractivity contribution in [3.05, 3.63) is 23.4 Å². The Morgan fingerprint density at radius 2 is 1.76 bits per heavy atom. The number of thioether (sulfide) groups is 1. The minimum Gasteiger partial charge on any atom is -0.377 e. The quantitative estimate of drug-likeness (QED) is 0.415. The van der Waals surface area contributed by atoms with Crippen molar-refractivity contribution in [1.29, 1.82) is 0 Å². The highest BCUT2D eigenvalue weighted by Gasteiger charge is 2.36. The number of anilines is 1. The molecule has 0 unspecified atom stereocenters. The van der Waals surface area contributed by atoms with Gasteiger partial charge in [0.1, 0.15) is 23.9 Å². The van der Waals surface area contributed by atoms with Crippen LogP contribution >= 0.6 is 11.8 Å². The van der Waals surface area contributed by atoms with Crippen molar-refractivity contribution in [2.24, 2.45) is 7.05 Å². The van der Waals surface area contributed by atoms with Crippen molar-refractivity contribution in [2.45, 2.75) is 50.5 Å². The van der Waals surface area contributed by atoms with Crippen molar-refractivity contribution in [1.82, 2.24) is 29.6 Å². The van der Waals surface area contributed by atoms with Crippen molar-refractivity contribution in [2.75, 3.05) is 50.5 Å². The number of piperazine rings is 1. The van der Waals surface area contributed by atoms with Gasteiger partial charge in [-0.05, 0) is 13.0 Å². The van der Waals surface area contributed by atoms with Gasteiger partial charge in [-0.2, -0.15) is 13.2 Å². The van der Waals surface area contributed by atoms with E-state index >= 15 is 0 Å². The van der Waals surface area contributed by atoms with Crippen molar-refractivity contribution in [3.63, 3.8) is 0 Å². The SMILES string of the molecule is COCc1nnc(SCCCN2CCN(c3cc(C(F)(F)F)nc(C(C)(C)C)n3)CC2)n1C. The first-order chi connectivity index (χ1) is 15.5. The molecular weight excluding hydrogens is 455 g/mol. The molecule has 0 amide bonds. The molecule has 1 saturated heterocycles. The minimum absolute atomic E-state index is 0.212. The van der Waals surface area contributed by atoms with Crippen LogP contribution in [0.2, 0.25) is 0 Å². The molecule has 1 aliphatic rings. The summed E-state index contributed by atoms with van der Waals surface area (Å²) in [6, 6.07) is 1.07. The topological polar surface area (TPSA) is 72.2 Å². The van der Waals surface area contributed by atoms with E-state index < -0.39 is 17.3 Å². The van der Waals surface area contributed by atoms with Crippen LogP contribution in [0.1, 0.15) is 44.5 Å². The maximum absolute atomic E-state index is 13.4. The molecule has 0 atom stereocenters. The molecule has 3 heterocycles. The van der Waals surface area contributed by atoms with Gasteiger partial charge in [0.15, 0.2) is 11.0 Å². The standard InChI is InChI=1S/C21H32F3N7OS/c1-20(2,3)18-25-15(21(22,23)24)13-16(26-18)31-10-8-30(9-11-31)7-6-12-33-19-28-27-17(14-32-5)29(19)4/h13H,6-12,14H2,1-5H3. The first kappa shape index (κ1) is 25.7. The molecule has 1 aliphatic heterocycles. The van der Waals surface area contributed by atoms with Crippen LogP contribution in [0.25, 0.3) is 0 Å². The van der Waals surface area contributed by atoms with Crippen LogP contribution in [0.15, 0.2) is 11.2 Å². The fourth-order valence-electron chi connectivity index (χ4n) is 3.45. The van der Waals surface area contributed by atoms with E-state index in [0.717, 1.165) is 48.9 Å². The number of halogens is 3. The maximum Gasteiger partial charge on any atom is 0.433 e. The second-order valence-electron chi connectivity index (χ2n) is 9.10. The summed E-state index contributed by atoms with van der Waals surface area (Å²) in [6.07, 6.45) is -3.51. The van der Waals surface area contributed by atoms with Gasteiger partial charge < -0.3 is 14.2 Å². The van der Waals surface area contributed by atoms with Gasteiger partial charge in [0.2, 0.25) is 0 Å². The molecule has 0 radical (unpaired) electrons. The molecule has 184 valence electrons. The third kappa shape index (κ3) is 6.80. The molecule has 2 aromatic rings. The molecule has 0 aliphatic carbocycles. The van der Waals surface area contributed by atoms with E-state index in [9.17, 15) is 13.2 Å². The Kier molecular flexibility index (Phi) is 8.22. The molecule has 3 rings (SSSR count). The first-order valence-corrected chi connectivity index (χ1v) is 11.9. The molecule has 0 spiro atoms. The minimum atomic E-state index is -4.50. The maximum atomic E-state index is 13.4. The molecule has 2 aromatic heterocycles. The van der Waals surface area contributed by atoms with Gasteiger partial charge in [0, 0.05) is 57.6 Å². The average Bonchev–Trinajstić information content (AvgIpc) is 3.10. The lowest BCUT2D eigenvalue weighted by Gasteiger charge is -2.36. The molecular formula is C21H32F3N7OS. The molecule has 0 N–H and O–H groups in total. The monoisotopic (exact) mass is 487 g/mol.